The van der Waals surface area contributed by atoms with Gasteiger partial charge >= 0.3 is 5.97 Å². The second-order valence-electron chi connectivity index (χ2n) is 30.7. The van der Waals surface area contributed by atoms with Gasteiger partial charge < -0.3 is 93.0 Å². The number of carbonyl (C=O) groups excluding carboxylic acids is 11. The predicted molar refractivity (Wildman–Crippen MR) is 537 cm³/mol. The van der Waals surface area contributed by atoms with E-state index < -0.39 is 18.4 Å². The number of Topliss-reactive ketones (excluding diaryl/α,β-unsaturated/α-hetero) is 4. The van der Waals surface area contributed by atoms with Crippen molar-refractivity contribution in [2.75, 3.05) is 35.0 Å². The quantitative estimate of drug-likeness (QED) is 0.00762. The fraction of sp³-hybridized carbons (Fsp3) is 0.171. The number of nitrogens with zero attached hydrogens (tertiary/aromatic N) is 7. The minimum absolute atomic E-state index is 0.0322. The average Bonchev–Trinajstić information content (AvgIpc) is 0.856. The van der Waals surface area contributed by atoms with Crippen LogP contribution >= 0.6 is 0 Å². The Morgan fingerprint density at radius 1 is 0.311 bits per heavy atom. The number of hydrogen-bond donors (Lipinski definition) is 8. The van der Waals surface area contributed by atoms with Crippen LogP contribution in [0.25, 0.3) is 11.5 Å². The molecule has 14 rings (SSSR count). The molecule has 8 N–H and O–H groups in total. The molecular formula is C111H105N7O30. The Bertz CT molecular complexity index is 6800. The lowest BCUT2D eigenvalue weighted by atomic mass is 10.1. The summed E-state index contributed by atoms with van der Waals surface area (Å²) in [6.07, 6.45) is 13.1. The number of aldehydes is 6. The van der Waals surface area contributed by atoms with E-state index in [2.05, 4.69) is 52.8 Å². The van der Waals surface area contributed by atoms with Crippen LogP contribution in [0, 0.1) is 0 Å². The summed E-state index contributed by atoms with van der Waals surface area (Å²) in [5.41, 5.74) is 11.7. The van der Waals surface area contributed by atoms with E-state index >= 15 is 0 Å². The number of aliphatic hydroxyl groups excluding tert-OH is 5. The number of pyridine rings is 7. The molecule has 7 heterocycles. The van der Waals surface area contributed by atoms with Gasteiger partial charge in [0, 0.05) is 71.9 Å². The van der Waals surface area contributed by atoms with Gasteiger partial charge in [0.05, 0.1) is 134 Å². The van der Waals surface area contributed by atoms with E-state index in [0.717, 1.165) is 16.8 Å². The van der Waals surface area contributed by atoms with Crippen molar-refractivity contribution in [3.63, 3.8) is 0 Å². The zero-order valence-corrected chi connectivity index (χ0v) is 81.3. The molecule has 0 unspecified atom stereocenters. The zero-order chi connectivity index (χ0) is 107. The van der Waals surface area contributed by atoms with Gasteiger partial charge in [0.25, 0.3) is 0 Å². The lowest BCUT2D eigenvalue weighted by molar-refractivity contribution is 0.0595. The molecule has 148 heavy (non-hydrogen) atoms. The Hall–Kier alpha value is -18.6. The van der Waals surface area contributed by atoms with Gasteiger partial charge in [0.2, 0.25) is 0 Å². The van der Waals surface area contributed by atoms with Crippen LogP contribution in [-0.4, -0.2) is 178 Å². The number of methoxy groups -OCH3 is 4. The highest BCUT2D eigenvalue weighted by molar-refractivity contribution is 5.98. The van der Waals surface area contributed by atoms with Crippen LogP contribution in [-0.2, 0) is 86.9 Å². The SMILES string of the molecule is C=C(OC)c1ccc(COc2ccc(CO)cc2C=O)nc1.C=C(OC)c1ccc(COc2cccc(O)c2C=O)nc1.CC(=O)c1cccc(COc2ccc(CO)cc2C=O)n1.CC(=O)c1ccnc(COc2ccc(CO)cc2C=O)c1.CC(=O)c1ccnc(COc2cccc(O)c2C=O)c1.COC(=O)c1cccnc1COc1cccc(O)c1C=O.COc1cc(CO)ccc1OCc1ncccc1C(=O)CO. The van der Waals surface area contributed by atoms with E-state index in [-0.39, 0.29) is 141 Å². The first kappa shape index (κ1) is 115. The van der Waals surface area contributed by atoms with Crippen molar-refractivity contribution in [3.8, 4) is 63.2 Å². The summed E-state index contributed by atoms with van der Waals surface area (Å²) < 4.78 is 58.8. The average molecular weight is 2020 g/mol. The van der Waals surface area contributed by atoms with E-state index in [1.54, 1.807) is 221 Å². The Balaban J connectivity index is 0.000000210. The van der Waals surface area contributed by atoms with Crippen molar-refractivity contribution < 1.29 is 146 Å². The van der Waals surface area contributed by atoms with E-state index in [1.807, 2.05) is 18.2 Å². The number of ketones is 4. The smallest absolute Gasteiger partial charge is 0.339 e. The number of rotatable bonds is 42. The largest absolute Gasteiger partial charge is 0.507 e. The summed E-state index contributed by atoms with van der Waals surface area (Å²) in [5.74, 6) is 2.58. The molecule has 7 aromatic heterocycles. The van der Waals surface area contributed by atoms with Crippen LogP contribution in [0.1, 0.15) is 208 Å². The summed E-state index contributed by atoms with van der Waals surface area (Å²) in [6.45, 7) is 11.7. The van der Waals surface area contributed by atoms with E-state index in [9.17, 15) is 68.1 Å². The summed E-state index contributed by atoms with van der Waals surface area (Å²) in [5, 5.41) is 73.9. The minimum atomic E-state index is -0.576. The molecule has 0 aliphatic carbocycles. The highest BCUT2D eigenvalue weighted by Gasteiger charge is 2.20. The number of phenolic OH excluding ortho intramolecular Hbond substituents is 3. The lowest BCUT2D eigenvalue weighted by Crippen LogP contribution is -2.11. The Morgan fingerprint density at radius 3 is 1.03 bits per heavy atom. The maximum Gasteiger partial charge on any atom is 0.339 e. The van der Waals surface area contributed by atoms with Crippen molar-refractivity contribution in [2.24, 2.45) is 0 Å². The molecular weight excluding hydrogens is 1910 g/mol. The zero-order valence-electron chi connectivity index (χ0n) is 81.3. The maximum absolute atomic E-state index is 11.7. The monoisotopic (exact) mass is 2020 g/mol. The van der Waals surface area contributed by atoms with Crippen molar-refractivity contribution in [3.05, 3.63) is 403 Å². The first-order valence-electron chi connectivity index (χ1n) is 44.5. The number of aromatic hydroxyl groups is 3. The second-order valence-corrected chi connectivity index (χ2v) is 30.7. The molecule has 14 aromatic rings. The van der Waals surface area contributed by atoms with E-state index in [0.29, 0.717) is 179 Å². The number of phenols is 3. The van der Waals surface area contributed by atoms with Crippen molar-refractivity contribution in [1.29, 1.82) is 0 Å². The molecule has 764 valence electrons. The van der Waals surface area contributed by atoms with Gasteiger partial charge in [-0.15, -0.1) is 0 Å². The molecule has 0 aliphatic rings. The molecule has 0 saturated carbocycles. The first-order valence-corrected chi connectivity index (χ1v) is 44.5. The molecule has 0 saturated heterocycles. The summed E-state index contributed by atoms with van der Waals surface area (Å²) in [4.78, 5) is 152. The number of hydrogen-bond acceptors (Lipinski definition) is 37. The Morgan fingerprint density at radius 2 is 0.676 bits per heavy atom. The molecule has 7 aromatic carbocycles. The third kappa shape index (κ3) is 35.2. The number of benzene rings is 7. The Labute approximate surface area is 849 Å². The number of esters is 1. The van der Waals surface area contributed by atoms with Gasteiger partial charge in [-0.25, -0.2) is 9.78 Å². The minimum Gasteiger partial charge on any atom is -0.507 e. The molecule has 0 atom stereocenters. The fourth-order valence-corrected chi connectivity index (χ4v) is 12.7. The molecule has 0 spiro atoms. The van der Waals surface area contributed by atoms with Gasteiger partial charge in [-0.05, 0) is 206 Å². The second kappa shape index (κ2) is 60.7. The third-order valence-corrected chi connectivity index (χ3v) is 20.7. The Kier molecular flexibility index (Phi) is 47.0. The van der Waals surface area contributed by atoms with Crippen molar-refractivity contribution in [1.82, 2.24) is 34.9 Å². The van der Waals surface area contributed by atoms with Gasteiger partial charge in [0.1, 0.15) is 122 Å². The molecule has 0 radical (unpaired) electrons. The molecule has 0 bridgehead atoms. The highest BCUT2D eigenvalue weighted by atomic mass is 16.5. The number of aromatic nitrogens is 7. The van der Waals surface area contributed by atoms with Crippen LogP contribution < -0.4 is 37.9 Å². The first-order chi connectivity index (χ1) is 71.6. The predicted octanol–water partition coefficient (Wildman–Crippen LogP) is 15.4. The molecule has 37 nitrogen and oxygen atoms in total. The van der Waals surface area contributed by atoms with Gasteiger partial charge in [-0.1, -0.05) is 61.7 Å². The molecule has 0 fully saturated rings. The molecule has 37 heteroatoms. The number of aliphatic hydroxyl groups is 5. The number of carbonyl (C=O) groups is 11. The summed E-state index contributed by atoms with van der Waals surface area (Å²) >= 11 is 0. The van der Waals surface area contributed by atoms with Crippen LogP contribution in [0.2, 0.25) is 0 Å². The lowest BCUT2D eigenvalue weighted by Gasteiger charge is -2.12. The molecule has 0 aliphatic heterocycles. The van der Waals surface area contributed by atoms with Crippen molar-refractivity contribution >= 4 is 78.3 Å². The van der Waals surface area contributed by atoms with E-state index in [4.69, 9.17) is 72.9 Å². The normalized spacial score (nSPS) is 10.1. The van der Waals surface area contributed by atoms with Crippen LogP contribution in [0.5, 0.6) is 63.2 Å². The third-order valence-electron chi connectivity index (χ3n) is 20.7. The van der Waals surface area contributed by atoms with Crippen LogP contribution in [0.15, 0.2) is 269 Å². The highest BCUT2D eigenvalue weighted by Crippen LogP contribution is 2.33. The van der Waals surface area contributed by atoms with Gasteiger partial charge in [-0.3, -0.25) is 77.8 Å². The fourth-order valence-electron chi connectivity index (χ4n) is 12.7. The van der Waals surface area contributed by atoms with Crippen LogP contribution in [0.3, 0.4) is 0 Å². The van der Waals surface area contributed by atoms with Crippen LogP contribution in [0.4, 0.5) is 0 Å². The topological polar surface area (TPSA) is 541 Å². The summed E-state index contributed by atoms with van der Waals surface area (Å²) in [7, 11) is 5.88. The van der Waals surface area contributed by atoms with Crippen molar-refractivity contribution in [2.45, 2.75) is 93.4 Å². The number of ether oxygens (including phenoxy) is 11. The maximum atomic E-state index is 11.7. The standard InChI is InChI=1S/C17H17NO4.C16H17NO5.3C16H15NO4.C15H13NO5.C15H13NO4/c1-12(21-2)14-4-5-16(18-8-14)11-22-17-6-3-13(9-19)7-15(17)10-20;1-21-16-7-11(8-18)4-5-15(16)22-10-13-12(14(20)9-19)3-2-6-17-13;1-11(20-2)12-6-7-13(17-8-12)10-21-16-5-3-4-15(19)14(16)9-18;1-11(20)13-4-5-17-15(7-13)10-21-16-3-2-12(8-18)6-14(16)9-19;1-11(20)15-4-2-3-14(17-15)10-21-16-6-5-12(8-18)7-13(16)9-19;1-20-15(19)10-4-3-7-16-12(10)9-21-14-6-2-5-13(18)11(14)8-17;1-10(18)11-5-6-16-12(7-11)9-20-15-4-2-3-14(19)13(15)8-17/h3-8,10,19H,1,9,11H2,2H3;2-7,18-19H,8-10H2,1H3;3-9,19H,1,10H2,2H3;2*2-7,9,18H,8,10H2,1H3;2-8,18H,9H2,1H3;2-8,19H,9H2,1H3. The van der Waals surface area contributed by atoms with E-state index in [1.165, 1.54) is 65.6 Å². The van der Waals surface area contributed by atoms with Gasteiger partial charge in [-0.2, -0.15) is 0 Å². The molecule has 0 amide bonds. The van der Waals surface area contributed by atoms with Gasteiger partial charge in [0.15, 0.2) is 72.3 Å². The summed E-state index contributed by atoms with van der Waals surface area (Å²) in [6, 6.07) is 58.8.